The molecule has 2 aromatic rings. The number of amides is 1. The minimum Gasteiger partial charge on any atom is -0.386 e. The van der Waals surface area contributed by atoms with Gasteiger partial charge in [0, 0.05) is 17.7 Å². The van der Waals surface area contributed by atoms with Crippen LogP contribution >= 0.6 is 0 Å². The Hall–Kier alpha value is -2.69. The molecule has 1 aliphatic heterocycles. The Bertz CT molecular complexity index is 836. The second-order valence-electron chi connectivity index (χ2n) is 5.09. The van der Waals surface area contributed by atoms with Gasteiger partial charge in [-0.1, -0.05) is 12.1 Å². The van der Waals surface area contributed by atoms with Crippen molar-refractivity contribution in [3.05, 3.63) is 40.5 Å². The molecule has 1 heterocycles. The molecule has 0 spiro atoms. The van der Waals surface area contributed by atoms with Crippen molar-refractivity contribution in [2.75, 3.05) is 5.32 Å². The van der Waals surface area contributed by atoms with Gasteiger partial charge in [-0.15, -0.1) is 0 Å². The lowest BCUT2D eigenvalue weighted by Gasteiger charge is -2.22. The highest BCUT2D eigenvalue weighted by atomic mass is 16.6. The van der Waals surface area contributed by atoms with Crippen LogP contribution in [0.25, 0.3) is 10.8 Å². The van der Waals surface area contributed by atoms with Gasteiger partial charge in [0.1, 0.15) is 0 Å². The van der Waals surface area contributed by atoms with Crippen molar-refractivity contribution in [2.24, 2.45) is 0 Å². The number of rotatable bonds is 1. The van der Waals surface area contributed by atoms with Crippen LogP contribution in [0.4, 0.5) is 5.69 Å². The summed E-state index contributed by atoms with van der Waals surface area (Å²) in [7, 11) is 0. The van der Waals surface area contributed by atoms with Gasteiger partial charge >= 0.3 is 11.9 Å². The number of ether oxygens (including phenoxy) is 1. The Balaban J connectivity index is 2.52. The topological polar surface area (TPSA) is 72.5 Å². The van der Waals surface area contributed by atoms with Crippen LogP contribution in [0.3, 0.4) is 0 Å². The van der Waals surface area contributed by atoms with Crippen molar-refractivity contribution in [2.45, 2.75) is 20.8 Å². The van der Waals surface area contributed by atoms with Gasteiger partial charge in [-0.2, -0.15) is 0 Å². The van der Waals surface area contributed by atoms with E-state index < -0.39 is 11.9 Å². The molecule has 0 unspecified atom stereocenters. The summed E-state index contributed by atoms with van der Waals surface area (Å²) in [5.74, 6) is -1.50. The lowest BCUT2D eigenvalue weighted by Crippen LogP contribution is -2.22. The van der Waals surface area contributed by atoms with E-state index in [0.29, 0.717) is 33.2 Å². The van der Waals surface area contributed by atoms with E-state index in [4.69, 9.17) is 4.74 Å². The standard InChI is InChI=1S/C16H13NO4/c1-7-8(2)14(17-9(3)18)10-5-4-6-11-13(10)12(7)16(20)21-15(11)19/h4-6H,1-3H3,(H,17,18). The number of carbonyl (C=O) groups is 3. The van der Waals surface area contributed by atoms with Gasteiger partial charge in [0.05, 0.1) is 16.8 Å². The second-order valence-corrected chi connectivity index (χ2v) is 5.09. The van der Waals surface area contributed by atoms with E-state index in [9.17, 15) is 14.4 Å². The molecule has 3 rings (SSSR count). The average Bonchev–Trinajstić information content (AvgIpc) is 2.42. The monoisotopic (exact) mass is 283 g/mol. The van der Waals surface area contributed by atoms with Crippen molar-refractivity contribution in [1.82, 2.24) is 0 Å². The van der Waals surface area contributed by atoms with Crippen LogP contribution in [-0.4, -0.2) is 17.8 Å². The lowest BCUT2D eigenvalue weighted by atomic mass is 9.89. The van der Waals surface area contributed by atoms with Crippen LogP contribution < -0.4 is 5.32 Å². The molecule has 0 atom stereocenters. The van der Waals surface area contributed by atoms with Crippen molar-refractivity contribution >= 4 is 34.3 Å². The SMILES string of the molecule is CC(=O)Nc1c(C)c(C)c2c3c(cccc13)C(=O)OC2=O. The average molecular weight is 283 g/mol. The molecule has 0 aliphatic carbocycles. The lowest BCUT2D eigenvalue weighted by molar-refractivity contribution is -0.114. The molecular weight excluding hydrogens is 270 g/mol. The second kappa shape index (κ2) is 4.41. The number of hydrogen-bond acceptors (Lipinski definition) is 4. The highest BCUT2D eigenvalue weighted by molar-refractivity contribution is 6.24. The largest absolute Gasteiger partial charge is 0.386 e. The van der Waals surface area contributed by atoms with Crippen LogP contribution in [0, 0.1) is 13.8 Å². The van der Waals surface area contributed by atoms with Crippen LogP contribution in [-0.2, 0) is 9.53 Å². The van der Waals surface area contributed by atoms with E-state index >= 15 is 0 Å². The third kappa shape index (κ3) is 1.81. The predicted molar refractivity (Wildman–Crippen MR) is 77.5 cm³/mol. The first-order chi connectivity index (χ1) is 9.91. The molecule has 1 aliphatic rings. The molecule has 0 saturated heterocycles. The summed E-state index contributed by atoms with van der Waals surface area (Å²) < 4.78 is 4.79. The molecule has 0 bridgehead atoms. The number of hydrogen-bond donors (Lipinski definition) is 1. The summed E-state index contributed by atoms with van der Waals surface area (Å²) >= 11 is 0. The molecule has 106 valence electrons. The summed E-state index contributed by atoms with van der Waals surface area (Å²) in [6, 6.07) is 5.11. The molecule has 0 fully saturated rings. The van der Waals surface area contributed by atoms with Gasteiger partial charge in [0.25, 0.3) is 0 Å². The molecule has 0 saturated carbocycles. The summed E-state index contributed by atoms with van der Waals surface area (Å²) in [6.45, 7) is 5.03. The van der Waals surface area contributed by atoms with Gasteiger partial charge in [-0.3, -0.25) is 4.79 Å². The molecule has 0 radical (unpaired) electrons. The van der Waals surface area contributed by atoms with Crippen molar-refractivity contribution in [3.63, 3.8) is 0 Å². The summed E-state index contributed by atoms with van der Waals surface area (Å²) in [4.78, 5) is 35.4. The van der Waals surface area contributed by atoms with Gasteiger partial charge < -0.3 is 10.1 Å². The fraction of sp³-hybridized carbons (Fsp3) is 0.188. The number of carbonyl (C=O) groups excluding carboxylic acids is 3. The Kier molecular flexibility index (Phi) is 2.79. The van der Waals surface area contributed by atoms with Crippen LogP contribution in [0.15, 0.2) is 18.2 Å². The first kappa shape index (κ1) is 13.3. The van der Waals surface area contributed by atoms with Crippen LogP contribution in [0.1, 0.15) is 38.8 Å². The molecule has 5 heteroatoms. The van der Waals surface area contributed by atoms with Gasteiger partial charge in [-0.25, -0.2) is 9.59 Å². The number of anilines is 1. The molecule has 5 nitrogen and oxygen atoms in total. The van der Waals surface area contributed by atoms with E-state index in [1.54, 1.807) is 25.1 Å². The van der Waals surface area contributed by atoms with E-state index in [-0.39, 0.29) is 5.91 Å². The normalized spacial score (nSPS) is 13.3. The predicted octanol–water partition coefficient (Wildman–Crippen LogP) is 2.73. The zero-order chi connectivity index (χ0) is 15.3. The quantitative estimate of drug-likeness (QED) is 0.645. The minimum absolute atomic E-state index is 0.206. The fourth-order valence-corrected chi connectivity index (χ4v) is 2.75. The Labute approximate surface area is 120 Å². The first-order valence-electron chi connectivity index (χ1n) is 6.51. The van der Waals surface area contributed by atoms with Gasteiger partial charge in [0.15, 0.2) is 0 Å². The van der Waals surface area contributed by atoms with Crippen molar-refractivity contribution in [3.8, 4) is 0 Å². The van der Waals surface area contributed by atoms with Crippen molar-refractivity contribution in [1.29, 1.82) is 0 Å². The number of cyclic esters (lactones) is 2. The fourth-order valence-electron chi connectivity index (χ4n) is 2.75. The third-order valence-electron chi connectivity index (χ3n) is 3.81. The van der Waals surface area contributed by atoms with Crippen LogP contribution in [0.5, 0.6) is 0 Å². The van der Waals surface area contributed by atoms with E-state index in [1.165, 1.54) is 6.92 Å². The number of esters is 2. The highest BCUT2D eigenvalue weighted by Gasteiger charge is 2.31. The Morgan fingerprint density at radius 1 is 1.10 bits per heavy atom. The molecular formula is C16H13NO4. The Morgan fingerprint density at radius 3 is 2.48 bits per heavy atom. The maximum Gasteiger partial charge on any atom is 0.346 e. The summed E-state index contributed by atoms with van der Waals surface area (Å²) in [5, 5.41) is 4.01. The maximum atomic E-state index is 12.1. The summed E-state index contributed by atoms with van der Waals surface area (Å²) in [5.41, 5.74) is 2.86. The van der Waals surface area contributed by atoms with E-state index in [2.05, 4.69) is 5.32 Å². The Morgan fingerprint density at radius 2 is 1.81 bits per heavy atom. The van der Waals surface area contributed by atoms with E-state index in [0.717, 1.165) is 5.56 Å². The third-order valence-corrected chi connectivity index (χ3v) is 3.81. The zero-order valence-corrected chi connectivity index (χ0v) is 11.9. The van der Waals surface area contributed by atoms with E-state index in [1.807, 2.05) is 6.92 Å². The zero-order valence-electron chi connectivity index (χ0n) is 11.9. The van der Waals surface area contributed by atoms with Crippen molar-refractivity contribution < 1.29 is 19.1 Å². The summed E-state index contributed by atoms with van der Waals surface area (Å²) in [6.07, 6.45) is 0. The maximum absolute atomic E-state index is 12.1. The van der Waals surface area contributed by atoms with Gasteiger partial charge in [-0.05, 0) is 31.0 Å². The smallest absolute Gasteiger partial charge is 0.346 e. The molecule has 0 aromatic heterocycles. The number of nitrogens with one attached hydrogen (secondary N) is 1. The molecule has 1 N–H and O–H groups in total. The first-order valence-corrected chi connectivity index (χ1v) is 6.51. The van der Waals surface area contributed by atoms with Crippen LogP contribution in [0.2, 0.25) is 0 Å². The molecule has 1 amide bonds. The minimum atomic E-state index is -0.657. The molecule has 21 heavy (non-hydrogen) atoms. The number of benzene rings is 2. The van der Waals surface area contributed by atoms with Gasteiger partial charge in [0.2, 0.25) is 5.91 Å². The molecule has 2 aromatic carbocycles. The highest BCUT2D eigenvalue weighted by Crippen LogP contribution is 2.38.